The maximum absolute atomic E-state index is 13.1. The van der Waals surface area contributed by atoms with Crippen LogP contribution >= 0.6 is 11.6 Å². The number of nitrogens with one attached hydrogen (secondary N) is 1. The van der Waals surface area contributed by atoms with E-state index >= 15 is 0 Å². The Kier molecular flexibility index (Phi) is 4.33. The van der Waals surface area contributed by atoms with Gasteiger partial charge in [-0.1, -0.05) is 23.7 Å². The number of rotatable bonds is 4. The highest BCUT2D eigenvalue weighted by molar-refractivity contribution is 7.93. The van der Waals surface area contributed by atoms with Crippen LogP contribution in [-0.2, 0) is 10.0 Å². The maximum Gasteiger partial charge on any atom is 0.264 e. The van der Waals surface area contributed by atoms with Crippen molar-refractivity contribution in [1.82, 2.24) is 14.8 Å². The Morgan fingerprint density at radius 3 is 2.74 bits per heavy atom. The molecular weight excluding hydrogens is 384 g/mol. The Bertz CT molecular complexity index is 1240. The van der Waals surface area contributed by atoms with Crippen molar-refractivity contribution in [2.45, 2.75) is 11.8 Å². The molecule has 136 valence electrons. The highest BCUT2D eigenvalue weighted by atomic mass is 35.5. The fraction of sp³-hybridized carbons (Fsp3) is 0.0526. The highest BCUT2D eigenvalue weighted by Gasteiger charge is 2.20. The number of benzene rings is 2. The summed E-state index contributed by atoms with van der Waals surface area (Å²) in [4.78, 5) is 4.42. The van der Waals surface area contributed by atoms with E-state index in [2.05, 4.69) is 14.8 Å². The molecule has 2 heterocycles. The van der Waals surface area contributed by atoms with Crippen LogP contribution < -0.4 is 4.72 Å². The van der Waals surface area contributed by atoms with Gasteiger partial charge >= 0.3 is 0 Å². The fourth-order valence-electron chi connectivity index (χ4n) is 2.86. The van der Waals surface area contributed by atoms with Crippen LogP contribution in [0.4, 0.5) is 5.69 Å². The molecule has 0 saturated heterocycles. The molecule has 2 aromatic carbocycles. The number of para-hydroxylation sites is 1. The number of nitrogens with zero attached hydrogens (tertiary/aromatic N) is 3. The van der Waals surface area contributed by atoms with Crippen LogP contribution in [-0.4, -0.2) is 23.2 Å². The van der Waals surface area contributed by atoms with Crippen molar-refractivity contribution in [3.05, 3.63) is 77.7 Å². The van der Waals surface area contributed by atoms with Gasteiger partial charge < -0.3 is 0 Å². The number of hydrogen-bond acceptors (Lipinski definition) is 4. The lowest BCUT2D eigenvalue weighted by Crippen LogP contribution is -2.15. The van der Waals surface area contributed by atoms with E-state index in [-0.39, 0.29) is 4.90 Å². The van der Waals surface area contributed by atoms with Crippen molar-refractivity contribution in [3.63, 3.8) is 0 Å². The highest BCUT2D eigenvalue weighted by Crippen LogP contribution is 2.29. The molecule has 27 heavy (non-hydrogen) atoms. The summed E-state index contributed by atoms with van der Waals surface area (Å²) in [5.74, 6) is 0. The number of fused-ring (bicyclic) bond motifs is 1. The number of aryl methyl sites for hydroxylation is 1. The Morgan fingerprint density at radius 2 is 1.96 bits per heavy atom. The summed E-state index contributed by atoms with van der Waals surface area (Å²) in [7, 11) is -3.90. The molecule has 0 aliphatic rings. The number of hydrogen-bond donors (Lipinski definition) is 1. The molecule has 0 atom stereocenters. The predicted molar refractivity (Wildman–Crippen MR) is 106 cm³/mol. The molecule has 0 radical (unpaired) electrons. The van der Waals surface area contributed by atoms with Gasteiger partial charge in [-0.05, 0) is 48.9 Å². The predicted octanol–water partition coefficient (Wildman–Crippen LogP) is 4.18. The van der Waals surface area contributed by atoms with E-state index in [1.165, 1.54) is 6.07 Å². The van der Waals surface area contributed by atoms with Gasteiger partial charge in [0, 0.05) is 29.0 Å². The van der Waals surface area contributed by atoms with Crippen LogP contribution in [0.1, 0.15) is 5.56 Å². The van der Waals surface area contributed by atoms with Crippen molar-refractivity contribution in [2.75, 3.05) is 4.72 Å². The van der Waals surface area contributed by atoms with Crippen molar-refractivity contribution in [1.29, 1.82) is 0 Å². The van der Waals surface area contributed by atoms with Gasteiger partial charge in [0.05, 0.1) is 16.9 Å². The van der Waals surface area contributed by atoms with E-state index in [4.69, 9.17) is 11.6 Å². The van der Waals surface area contributed by atoms with Crippen molar-refractivity contribution >= 4 is 38.2 Å². The molecule has 8 heteroatoms. The number of anilines is 1. The lowest BCUT2D eigenvalue weighted by atomic mass is 10.2. The molecule has 4 aromatic rings. The van der Waals surface area contributed by atoms with Gasteiger partial charge in [0.25, 0.3) is 10.0 Å². The number of halogens is 1. The normalized spacial score (nSPS) is 11.6. The Morgan fingerprint density at radius 1 is 1.11 bits per heavy atom. The first-order chi connectivity index (χ1) is 12.9. The van der Waals surface area contributed by atoms with Gasteiger partial charge in [0.15, 0.2) is 0 Å². The van der Waals surface area contributed by atoms with E-state index in [1.807, 2.05) is 19.1 Å². The minimum Gasteiger partial charge on any atom is -0.277 e. The summed E-state index contributed by atoms with van der Waals surface area (Å²) >= 11 is 6.09. The summed E-state index contributed by atoms with van der Waals surface area (Å²) in [5, 5.41) is 5.34. The van der Waals surface area contributed by atoms with Gasteiger partial charge in [0.1, 0.15) is 4.90 Å². The Hall–Kier alpha value is -2.90. The summed E-state index contributed by atoms with van der Waals surface area (Å²) in [6, 6.07) is 13.7. The van der Waals surface area contributed by atoms with Gasteiger partial charge in [-0.3, -0.25) is 9.71 Å². The zero-order chi connectivity index (χ0) is 19.0. The molecule has 0 unspecified atom stereocenters. The molecule has 0 aliphatic heterocycles. The van der Waals surface area contributed by atoms with Crippen LogP contribution in [0.2, 0.25) is 5.02 Å². The Balaban J connectivity index is 1.83. The van der Waals surface area contributed by atoms with E-state index in [1.54, 1.807) is 53.6 Å². The van der Waals surface area contributed by atoms with Crippen LogP contribution in [0.5, 0.6) is 0 Å². The smallest absolute Gasteiger partial charge is 0.264 e. The molecule has 0 bridgehead atoms. The molecule has 0 amide bonds. The largest absolute Gasteiger partial charge is 0.277 e. The van der Waals surface area contributed by atoms with Crippen LogP contribution in [0.3, 0.4) is 0 Å². The molecule has 4 rings (SSSR count). The lowest BCUT2D eigenvalue weighted by Gasteiger charge is -2.14. The zero-order valence-electron chi connectivity index (χ0n) is 14.3. The maximum atomic E-state index is 13.1. The second-order valence-corrected chi connectivity index (χ2v) is 8.15. The molecule has 1 N–H and O–H groups in total. The molecule has 0 aliphatic carbocycles. The van der Waals surface area contributed by atoms with Crippen LogP contribution in [0.25, 0.3) is 16.6 Å². The second-order valence-electron chi connectivity index (χ2n) is 6.06. The third-order valence-corrected chi connectivity index (χ3v) is 5.69. The third-order valence-electron chi connectivity index (χ3n) is 4.05. The summed E-state index contributed by atoms with van der Waals surface area (Å²) in [6.07, 6.45) is 4.99. The van der Waals surface area contributed by atoms with Crippen molar-refractivity contribution < 1.29 is 8.42 Å². The van der Waals surface area contributed by atoms with Gasteiger partial charge in [-0.15, -0.1) is 0 Å². The molecule has 0 fully saturated rings. The van der Waals surface area contributed by atoms with Crippen LogP contribution in [0, 0.1) is 6.92 Å². The average molecular weight is 399 g/mol. The topological polar surface area (TPSA) is 76.9 Å². The fourth-order valence-corrected chi connectivity index (χ4v) is 4.28. The average Bonchev–Trinajstić information content (AvgIpc) is 3.15. The molecule has 2 aromatic heterocycles. The second kappa shape index (κ2) is 6.68. The third kappa shape index (κ3) is 3.39. The first-order valence-corrected chi connectivity index (χ1v) is 9.98. The standard InChI is InChI=1S/C19H15ClN4O2S/c1-13-10-14-4-2-5-18(19(14)21-12-13)27(25,26)23-16-11-15(20)6-7-17(16)24-9-3-8-22-24/h2-12,23H,1H3. The van der Waals surface area contributed by atoms with E-state index < -0.39 is 10.0 Å². The number of aromatic nitrogens is 3. The molecule has 6 nitrogen and oxygen atoms in total. The lowest BCUT2D eigenvalue weighted by molar-refractivity contribution is 0.602. The van der Waals surface area contributed by atoms with Gasteiger partial charge in [-0.2, -0.15) is 5.10 Å². The quantitative estimate of drug-likeness (QED) is 0.559. The molecule has 0 saturated carbocycles. The van der Waals surface area contributed by atoms with Gasteiger partial charge in [0.2, 0.25) is 0 Å². The van der Waals surface area contributed by atoms with Crippen molar-refractivity contribution in [3.8, 4) is 5.69 Å². The van der Waals surface area contributed by atoms with E-state index in [9.17, 15) is 8.42 Å². The minimum absolute atomic E-state index is 0.103. The van der Waals surface area contributed by atoms with Gasteiger partial charge in [-0.25, -0.2) is 13.1 Å². The SMILES string of the molecule is Cc1cnc2c(S(=O)(=O)Nc3cc(Cl)ccc3-n3cccn3)cccc2c1. The number of pyridine rings is 1. The minimum atomic E-state index is -3.90. The zero-order valence-corrected chi connectivity index (χ0v) is 15.9. The monoisotopic (exact) mass is 398 g/mol. The van der Waals surface area contributed by atoms with E-state index in [0.717, 1.165) is 10.9 Å². The van der Waals surface area contributed by atoms with Crippen molar-refractivity contribution in [2.24, 2.45) is 0 Å². The Labute approximate surface area is 161 Å². The first-order valence-electron chi connectivity index (χ1n) is 8.12. The molecular formula is C19H15ClN4O2S. The summed E-state index contributed by atoms with van der Waals surface area (Å²) in [5.41, 5.74) is 2.27. The first kappa shape index (κ1) is 17.5. The summed E-state index contributed by atoms with van der Waals surface area (Å²) in [6.45, 7) is 1.91. The van der Waals surface area contributed by atoms with E-state index in [0.29, 0.717) is 21.9 Å². The van der Waals surface area contributed by atoms with Crippen LogP contribution in [0.15, 0.2) is 72.0 Å². The molecule has 0 spiro atoms. The summed E-state index contributed by atoms with van der Waals surface area (Å²) < 4.78 is 30.4. The number of sulfonamides is 1.